The molecule has 1 aromatic carbocycles. The van der Waals surface area contributed by atoms with Crippen LogP contribution in [0.3, 0.4) is 0 Å². The molecule has 1 heterocycles. The highest BCUT2D eigenvalue weighted by Crippen LogP contribution is 2.15. The molecule has 1 aromatic heterocycles. The third-order valence-electron chi connectivity index (χ3n) is 1.57. The number of benzene rings is 1. The fraction of sp³-hybridized carbons (Fsp3) is 0.125. The van der Waals surface area contributed by atoms with Crippen molar-refractivity contribution in [3.05, 3.63) is 30.5 Å². The lowest BCUT2D eigenvalue weighted by molar-refractivity contribution is 0.0574. The van der Waals surface area contributed by atoms with Crippen molar-refractivity contribution >= 4 is 10.9 Å². The summed E-state index contributed by atoms with van der Waals surface area (Å²) in [6, 6.07) is 7.71. The molecule has 2 aromatic rings. The van der Waals surface area contributed by atoms with Gasteiger partial charge in [-0.3, -0.25) is 0 Å². The first-order chi connectivity index (χ1) is 5.77. The van der Waals surface area contributed by atoms with Crippen LogP contribution in [-0.2, 0) is 0 Å². The molecule has 0 unspecified atom stereocenters. The second kappa shape index (κ2) is 2.55. The van der Waals surface area contributed by atoms with Gasteiger partial charge in [-0.15, -0.1) is 0 Å². The third kappa shape index (κ3) is 1.05. The minimum absolute atomic E-state index is 0.564. The van der Waals surface area contributed by atoms with E-state index >= 15 is 0 Å². The van der Waals surface area contributed by atoms with Crippen LogP contribution in [0.5, 0.6) is 0 Å². The van der Waals surface area contributed by atoms with Crippen molar-refractivity contribution in [2.75, 3.05) is 0 Å². The smallest absolute Gasteiger partial charge is 0.210 e. The molecule has 0 bridgehead atoms. The molecule has 0 N–H and O–H groups in total. The molecule has 0 fully saturated rings. The van der Waals surface area contributed by atoms with E-state index in [9.17, 15) is 8.78 Å². The molecule has 61 valence electrons. The van der Waals surface area contributed by atoms with Gasteiger partial charge in [-0.05, 0) is 18.2 Å². The fourth-order valence-corrected chi connectivity index (χ4v) is 1.03. The minimum atomic E-state index is -2.57. The normalized spacial score (nSPS) is 11.2. The summed E-state index contributed by atoms with van der Waals surface area (Å²) in [5.74, 6) is 0. The average Bonchev–Trinajstić information content (AvgIpc) is 2.46. The van der Waals surface area contributed by atoms with Gasteiger partial charge in [0, 0.05) is 11.6 Å². The zero-order valence-electron chi connectivity index (χ0n) is 6.04. The number of hydrogen-bond donors (Lipinski definition) is 0. The van der Waals surface area contributed by atoms with Gasteiger partial charge in [0.05, 0.1) is 5.52 Å². The summed E-state index contributed by atoms with van der Waals surface area (Å²) in [4.78, 5) is 0. The summed E-state index contributed by atoms with van der Waals surface area (Å²) in [5, 5.41) is 4.34. The molecule has 2 nitrogen and oxygen atoms in total. The number of alkyl halides is 2. The lowest BCUT2D eigenvalue weighted by atomic mass is 10.3. The van der Waals surface area contributed by atoms with E-state index in [4.69, 9.17) is 0 Å². The highest BCUT2D eigenvalue weighted by molar-refractivity contribution is 5.77. The molecule has 12 heavy (non-hydrogen) atoms. The van der Waals surface area contributed by atoms with Crippen LogP contribution in [0.15, 0.2) is 24.4 Å². The molecule has 0 aliphatic heterocycles. The predicted molar refractivity (Wildman–Crippen MR) is 39.8 cm³/mol. The Bertz CT molecular complexity index is 362. The van der Waals surface area contributed by atoms with Crippen molar-refractivity contribution < 1.29 is 8.78 Å². The van der Waals surface area contributed by atoms with Crippen LogP contribution in [0.25, 0.3) is 10.9 Å². The van der Waals surface area contributed by atoms with E-state index in [2.05, 4.69) is 11.2 Å². The molecule has 0 saturated heterocycles. The van der Waals surface area contributed by atoms with Gasteiger partial charge in [-0.2, -0.15) is 13.9 Å². The molecule has 0 aliphatic carbocycles. The second-order valence-corrected chi connectivity index (χ2v) is 2.37. The van der Waals surface area contributed by atoms with Gasteiger partial charge in [0.1, 0.15) is 0 Å². The van der Waals surface area contributed by atoms with Crippen LogP contribution in [0, 0.1) is 6.07 Å². The van der Waals surface area contributed by atoms with Crippen molar-refractivity contribution in [3.63, 3.8) is 0 Å². The Kier molecular flexibility index (Phi) is 1.53. The minimum Gasteiger partial charge on any atom is -0.210 e. The van der Waals surface area contributed by atoms with Crippen LogP contribution in [0.2, 0.25) is 0 Å². The Morgan fingerprint density at radius 2 is 2.33 bits per heavy atom. The number of fused-ring (bicyclic) bond motifs is 1. The highest BCUT2D eigenvalue weighted by atomic mass is 19.3. The van der Waals surface area contributed by atoms with Crippen LogP contribution >= 0.6 is 0 Å². The van der Waals surface area contributed by atoms with Crippen molar-refractivity contribution in [3.8, 4) is 0 Å². The van der Waals surface area contributed by atoms with Gasteiger partial charge in [0.2, 0.25) is 0 Å². The number of rotatable bonds is 1. The standard InChI is InChI=1S/C8H5F2N2/c9-8(10)12-5-6-3-1-2-4-7(6)11-12/h2-5,8H. The van der Waals surface area contributed by atoms with Crippen molar-refractivity contribution in [1.82, 2.24) is 9.78 Å². The average molecular weight is 167 g/mol. The van der Waals surface area contributed by atoms with E-state index in [1.165, 1.54) is 6.20 Å². The maximum absolute atomic E-state index is 12.1. The third-order valence-corrected chi connectivity index (χ3v) is 1.57. The SMILES string of the molecule is FC(F)n1cc2c[c]ccc2n1. The Labute approximate surface area is 67.4 Å². The van der Waals surface area contributed by atoms with Gasteiger partial charge in [0.25, 0.3) is 0 Å². The van der Waals surface area contributed by atoms with E-state index < -0.39 is 6.55 Å². The number of halogens is 2. The maximum Gasteiger partial charge on any atom is 0.333 e. The Balaban J connectivity index is 2.62. The molecule has 0 aliphatic rings. The predicted octanol–water partition coefficient (Wildman–Crippen LogP) is 2.23. The molecule has 1 radical (unpaired) electrons. The molecule has 2 rings (SSSR count). The summed E-state index contributed by atoms with van der Waals surface area (Å²) in [6.45, 7) is -2.57. The van der Waals surface area contributed by atoms with Gasteiger partial charge in [-0.1, -0.05) is 6.07 Å². The number of aromatic nitrogens is 2. The van der Waals surface area contributed by atoms with Gasteiger partial charge >= 0.3 is 6.55 Å². The molecule has 0 saturated carbocycles. The van der Waals surface area contributed by atoms with Gasteiger partial charge < -0.3 is 0 Å². The highest BCUT2D eigenvalue weighted by Gasteiger charge is 2.07. The van der Waals surface area contributed by atoms with Gasteiger partial charge in [-0.25, -0.2) is 4.68 Å². The Morgan fingerprint density at radius 1 is 1.50 bits per heavy atom. The molecular formula is C8H5F2N2. The lowest BCUT2D eigenvalue weighted by Crippen LogP contribution is -1.96. The second-order valence-electron chi connectivity index (χ2n) is 2.37. The number of nitrogens with zero attached hydrogens (tertiary/aromatic N) is 2. The van der Waals surface area contributed by atoms with Crippen LogP contribution < -0.4 is 0 Å². The Morgan fingerprint density at radius 3 is 3.00 bits per heavy atom. The molecule has 4 heteroatoms. The van der Waals surface area contributed by atoms with E-state index in [1.54, 1.807) is 18.2 Å². The first-order valence-electron chi connectivity index (χ1n) is 3.40. The number of hydrogen-bond acceptors (Lipinski definition) is 1. The van der Waals surface area contributed by atoms with Crippen LogP contribution in [0.1, 0.15) is 6.55 Å². The van der Waals surface area contributed by atoms with E-state index in [0.29, 0.717) is 15.6 Å². The zero-order valence-corrected chi connectivity index (χ0v) is 6.04. The quantitative estimate of drug-likeness (QED) is 0.636. The first kappa shape index (κ1) is 7.21. The summed E-state index contributed by atoms with van der Waals surface area (Å²) < 4.78 is 24.8. The van der Waals surface area contributed by atoms with Crippen LogP contribution in [0.4, 0.5) is 8.78 Å². The van der Waals surface area contributed by atoms with Crippen molar-refractivity contribution in [2.45, 2.75) is 6.55 Å². The topological polar surface area (TPSA) is 17.8 Å². The monoisotopic (exact) mass is 167 g/mol. The summed E-state index contributed by atoms with van der Waals surface area (Å²) >= 11 is 0. The molecule has 0 atom stereocenters. The largest absolute Gasteiger partial charge is 0.333 e. The summed E-state index contributed by atoms with van der Waals surface area (Å²) in [5.41, 5.74) is 0.564. The van der Waals surface area contributed by atoms with Crippen molar-refractivity contribution in [2.24, 2.45) is 0 Å². The Hall–Kier alpha value is -1.45. The molecular weight excluding hydrogens is 162 g/mol. The summed E-state index contributed by atoms with van der Waals surface area (Å²) in [6.07, 6.45) is 1.30. The van der Waals surface area contributed by atoms with E-state index in [-0.39, 0.29) is 0 Å². The molecule has 0 amide bonds. The van der Waals surface area contributed by atoms with Crippen LogP contribution in [-0.4, -0.2) is 9.78 Å². The first-order valence-corrected chi connectivity index (χ1v) is 3.40. The maximum atomic E-state index is 12.1. The lowest BCUT2D eigenvalue weighted by Gasteiger charge is -1.94. The zero-order chi connectivity index (χ0) is 8.55. The van der Waals surface area contributed by atoms with E-state index in [0.717, 1.165) is 0 Å². The summed E-state index contributed by atoms with van der Waals surface area (Å²) in [7, 11) is 0. The van der Waals surface area contributed by atoms with Crippen molar-refractivity contribution in [1.29, 1.82) is 0 Å². The van der Waals surface area contributed by atoms with E-state index in [1.807, 2.05) is 0 Å². The fourth-order valence-electron chi connectivity index (χ4n) is 1.03. The van der Waals surface area contributed by atoms with Gasteiger partial charge in [0.15, 0.2) is 0 Å². The molecule has 0 spiro atoms.